The van der Waals surface area contributed by atoms with Gasteiger partial charge in [0.05, 0.1) is 7.11 Å². The molecule has 3 aromatic rings. The van der Waals surface area contributed by atoms with Crippen LogP contribution in [0.25, 0.3) is 10.9 Å². The van der Waals surface area contributed by atoms with Crippen molar-refractivity contribution in [3.63, 3.8) is 0 Å². The van der Waals surface area contributed by atoms with Crippen LogP contribution in [-0.2, 0) is 17.3 Å². The molecule has 0 bridgehead atoms. The molecular formula is C21H24N2O5S. The van der Waals surface area contributed by atoms with Crippen LogP contribution in [0.1, 0.15) is 5.56 Å². The average molecular weight is 416 g/mol. The minimum Gasteiger partial charge on any atom is -0.496 e. The van der Waals surface area contributed by atoms with E-state index in [9.17, 15) is 14.1 Å². The predicted octanol–water partition coefficient (Wildman–Crippen LogP) is 1.80. The van der Waals surface area contributed by atoms with Crippen LogP contribution in [0, 0.1) is 0 Å². The maximum atomic E-state index is 11.6. The van der Waals surface area contributed by atoms with E-state index in [1.807, 2.05) is 18.2 Å². The summed E-state index contributed by atoms with van der Waals surface area (Å²) in [4.78, 5) is 14.8. The number of hydrogen-bond donors (Lipinski definition) is 3. The molecule has 7 nitrogen and oxygen atoms in total. The molecule has 29 heavy (non-hydrogen) atoms. The van der Waals surface area contributed by atoms with E-state index in [0.29, 0.717) is 29.5 Å². The highest BCUT2D eigenvalue weighted by atomic mass is 32.2. The van der Waals surface area contributed by atoms with E-state index >= 15 is 0 Å². The lowest BCUT2D eigenvalue weighted by Gasteiger charge is -2.15. The Labute approximate surface area is 171 Å². The van der Waals surface area contributed by atoms with E-state index in [4.69, 9.17) is 9.47 Å². The molecule has 0 radical (unpaired) electrons. The summed E-state index contributed by atoms with van der Waals surface area (Å²) in [5, 5.41) is 14.2. The quantitative estimate of drug-likeness (QED) is 0.492. The number of H-pyrrole nitrogens is 1. The van der Waals surface area contributed by atoms with Crippen molar-refractivity contribution in [3.8, 4) is 11.5 Å². The van der Waals surface area contributed by atoms with Gasteiger partial charge >= 0.3 is 0 Å². The number of aromatic amines is 1. The molecule has 0 aliphatic heterocycles. The molecule has 3 N–H and O–H groups in total. The van der Waals surface area contributed by atoms with Crippen molar-refractivity contribution in [1.82, 2.24) is 10.3 Å². The van der Waals surface area contributed by atoms with Gasteiger partial charge in [0.15, 0.2) is 0 Å². The lowest BCUT2D eigenvalue weighted by atomic mass is 10.2. The lowest BCUT2D eigenvalue weighted by molar-refractivity contribution is 0.106. The second-order valence-corrected chi connectivity index (χ2v) is 7.97. The fourth-order valence-corrected chi connectivity index (χ4v) is 3.43. The Morgan fingerprint density at radius 2 is 2.00 bits per heavy atom. The molecule has 0 amide bonds. The number of aliphatic hydroxyl groups is 1. The first kappa shape index (κ1) is 21.0. The van der Waals surface area contributed by atoms with Gasteiger partial charge in [-0.15, -0.1) is 0 Å². The zero-order chi connectivity index (χ0) is 20.8. The molecule has 3 rings (SSSR count). The van der Waals surface area contributed by atoms with Crippen LogP contribution >= 0.6 is 0 Å². The van der Waals surface area contributed by atoms with Crippen LogP contribution in [0.2, 0.25) is 0 Å². The highest BCUT2D eigenvalue weighted by Gasteiger charge is 2.09. The second-order valence-electron chi connectivity index (χ2n) is 6.60. The molecule has 8 heteroatoms. The van der Waals surface area contributed by atoms with Crippen molar-refractivity contribution >= 4 is 21.7 Å². The van der Waals surface area contributed by atoms with Crippen molar-refractivity contribution in [2.75, 3.05) is 26.5 Å². The van der Waals surface area contributed by atoms with E-state index < -0.39 is 16.9 Å². The Balaban J connectivity index is 1.50. The van der Waals surface area contributed by atoms with Crippen LogP contribution in [0.5, 0.6) is 11.5 Å². The van der Waals surface area contributed by atoms with E-state index in [-0.39, 0.29) is 12.2 Å². The number of pyridine rings is 1. The maximum Gasteiger partial charge on any atom is 0.248 e. The van der Waals surface area contributed by atoms with Gasteiger partial charge in [-0.3, -0.25) is 9.00 Å². The molecule has 2 unspecified atom stereocenters. The maximum absolute atomic E-state index is 11.6. The van der Waals surface area contributed by atoms with Gasteiger partial charge in [-0.2, -0.15) is 0 Å². The molecule has 0 aliphatic rings. The van der Waals surface area contributed by atoms with Gasteiger partial charge in [0.2, 0.25) is 5.56 Å². The van der Waals surface area contributed by atoms with Crippen LogP contribution in [0.3, 0.4) is 0 Å². The summed E-state index contributed by atoms with van der Waals surface area (Å²) in [5.74, 6) is 1.28. The number of rotatable bonds is 9. The van der Waals surface area contributed by atoms with Crippen LogP contribution in [-0.4, -0.2) is 46.9 Å². The summed E-state index contributed by atoms with van der Waals surface area (Å²) in [5.41, 5.74) is 1.50. The predicted molar refractivity (Wildman–Crippen MR) is 113 cm³/mol. The number of aromatic nitrogens is 1. The van der Waals surface area contributed by atoms with E-state index in [2.05, 4.69) is 10.3 Å². The minimum absolute atomic E-state index is 0.132. The lowest BCUT2D eigenvalue weighted by Crippen LogP contribution is -2.31. The first-order chi connectivity index (χ1) is 14.0. The molecule has 0 saturated carbocycles. The van der Waals surface area contributed by atoms with Crippen LogP contribution < -0.4 is 20.3 Å². The molecule has 0 fully saturated rings. The van der Waals surface area contributed by atoms with Crippen molar-refractivity contribution in [3.05, 3.63) is 64.4 Å². The van der Waals surface area contributed by atoms with Crippen molar-refractivity contribution in [2.45, 2.75) is 17.5 Å². The first-order valence-corrected chi connectivity index (χ1v) is 10.7. The van der Waals surface area contributed by atoms with Gasteiger partial charge in [0, 0.05) is 57.6 Å². The van der Waals surface area contributed by atoms with E-state index in [0.717, 1.165) is 16.5 Å². The third kappa shape index (κ3) is 5.66. The molecule has 0 aliphatic carbocycles. The van der Waals surface area contributed by atoms with Gasteiger partial charge in [-0.25, -0.2) is 0 Å². The Hall–Kier alpha value is -2.68. The molecule has 1 aromatic heterocycles. The standard InChI is InChI=1S/C21H24N2O5S/c1-27-20-10-18(29(2)26)6-3-15(20)11-22-12-16(24)13-28-17-5-7-19-14(9-17)4-8-21(25)23-19/h3-10,16,22,24H,11-13H2,1-2H3,(H,23,25). The molecule has 2 atom stereocenters. The average Bonchev–Trinajstić information content (AvgIpc) is 2.72. The zero-order valence-electron chi connectivity index (χ0n) is 16.3. The van der Waals surface area contributed by atoms with Gasteiger partial charge in [-0.05, 0) is 36.4 Å². The number of aliphatic hydroxyl groups excluding tert-OH is 1. The largest absolute Gasteiger partial charge is 0.496 e. The van der Waals surface area contributed by atoms with Crippen LogP contribution in [0.4, 0.5) is 0 Å². The number of fused-ring (bicyclic) bond motifs is 1. The summed E-state index contributed by atoms with van der Waals surface area (Å²) in [6, 6.07) is 14.0. The fraction of sp³-hybridized carbons (Fsp3) is 0.286. The number of benzene rings is 2. The third-order valence-electron chi connectivity index (χ3n) is 4.42. The van der Waals surface area contributed by atoms with E-state index in [1.165, 1.54) is 6.07 Å². The minimum atomic E-state index is -1.07. The number of nitrogens with one attached hydrogen (secondary N) is 2. The van der Waals surface area contributed by atoms with Crippen molar-refractivity contribution in [1.29, 1.82) is 0 Å². The molecular weight excluding hydrogens is 392 g/mol. The van der Waals surface area contributed by atoms with Crippen molar-refractivity contribution in [2.24, 2.45) is 0 Å². The van der Waals surface area contributed by atoms with Crippen LogP contribution in [0.15, 0.2) is 58.2 Å². The Kier molecular flexibility index (Phi) is 7.03. The third-order valence-corrected chi connectivity index (χ3v) is 5.34. The smallest absolute Gasteiger partial charge is 0.248 e. The molecule has 0 spiro atoms. The van der Waals surface area contributed by atoms with Gasteiger partial charge < -0.3 is 24.9 Å². The monoisotopic (exact) mass is 416 g/mol. The zero-order valence-corrected chi connectivity index (χ0v) is 17.1. The van der Waals surface area contributed by atoms with Crippen molar-refractivity contribution < 1.29 is 18.8 Å². The highest BCUT2D eigenvalue weighted by molar-refractivity contribution is 7.84. The normalized spacial score (nSPS) is 13.2. The fourth-order valence-electron chi connectivity index (χ4n) is 2.90. The van der Waals surface area contributed by atoms with Gasteiger partial charge in [-0.1, -0.05) is 6.07 Å². The summed E-state index contributed by atoms with van der Waals surface area (Å²) >= 11 is 0. The Morgan fingerprint density at radius 3 is 2.76 bits per heavy atom. The SMILES string of the molecule is COc1cc(S(C)=O)ccc1CNCC(O)COc1ccc2[nH]c(=O)ccc2c1. The first-order valence-electron chi connectivity index (χ1n) is 9.11. The number of ether oxygens (including phenoxy) is 2. The summed E-state index contributed by atoms with van der Waals surface area (Å²) < 4.78 is 22.6. The second kappa shape index (κ2) is 9.69. The number of hydrogen-bond acceptors (Lipinski definition) is 6. The molecule has 2 aromatic carbocycles. The summed E-state index contributed by atoms with van der Waals surface area (Å²) in [6.45, 7) is 0.971. The van der Waals surface area contributed by atoms with E-state index in [1.54, 1.807) is 37.6 Å². The Morgan fingerprint density at radius 1 is 1.17 bits per heavy atom. The van der Waals surface area contributed by atoms with Gasteiger partial charge in [0.25, 0.3) is 0 Å². The summed E-state index contributed by atoms with van der Waals surface area (Å²) in [6.07, 6.45) is 0.924. The highest BCUT2D eigenvalue weighted by Crippen LogP contribution is 2.22. The molecule has 0 saturated heterocycles. The Bertz CT molecular complexity index is 1070. The molecule has 154 valence electrons. The topological polar surface area (TPSA) is 101 Å². The summed E-state index contributed by atoms with van der Waals surface area (Å²) in [7, 11) is 0.505. The van der Waals surface area contributed by atoms with Gasteiger partial charge in [0.1, 0.15) is 24.2 Å². The molecule has 1 heterocycles. The number of methoxy groups -OCH3 is 1.